The van der Waals surface area contributed by atoms with Crippen LogP contribution >= 0.6 is 23.5 Å². The zero-order valence-electron chi connectivity index (χ0n) is 12.9. The van der Waals surface area contributed by atoms with E-state index in [4.69, 9.17) is 4.74 Å². The number of ether oxygens (including phenoxy) is 1. The Kier molecular flexibility index (Phi) is 5.20. The molecule has 1 spiro atoms. The highest BCUT2D eigenvalue weighted by atomic mass is 32.2. The molecule has 3 unspecified atom stereocenters. The van der Waals surface area contributed by atoms with E-state index in [0.29, 0.717) is 11.3 Å². The van der Waals surface area contributed by atoms with Gasteiger partial charge in [-0.2, -0.15) is 11.8 Å². The third-order valence-electron chi connectivity index (χ3n) is 4.61. The molecule has 3 rings (SSSR count). The molecule has 2 nitrogen and oxygen atoms in total. The largest absolute Gasteiger partial charge is 0.374 e. The van der Waals surface area contributed by atoms with Crippen molar-refractivity contribution in [2.45, 2.75) is 48.0 Å². The van der Waals surface area contributed by atoms with Gasteiger partial charge in [0, 0.05) is 28.5 Å². The predicted octanol–water partition coefficient (Wildman–Crippen LogP) is 4.11. The molecule has 0 aliphatic carbocycles. The van der Waals surface area contributed by atoms with Gasteiger partial charge in [0.05, 0.1) is 5.60 Å². The van der Waals surface area contributed by atoms with Gasteiger partial charge in [-0.3, -0.25) is 0 Å². The van der Waals surface area contributed by atoms with Crippen LogP contribution in [0.25, 0.3) is 0 Å². The molecular weight excluding hydrogens is 298 g/mol. The van der Waals surface area contributed by atoms with Gasteiger partial charge >= 0.3 is 0 Å². The second-order valence-electron chi connectivity index (χ2n) is 6.15. The Morgan fingerprint density at radius 3 is 3.14 bits per heavy atom. The van der Waals surface area contributed by atoms with Crippen molar-refractivity contribution >= 4 is 23.5 Å². The van der Waals surface area contributed by atoms with Crippen LogP contribution in [0.15, 0.2) is 29.2 Å². The molecule has 2 saturated heterocycles. The maximum Gasteiger partial charge on any atom is 0.0791 e. The molecule has 0 bridgehead atoms. The van der Waals surface area contributed by atoms with E-state index in [0.717, 1.165) is 6.61 Å². The smallest absolute Gasteiger partial charge is 0.0791 e. The summed E-state index contributed by atoms with van der Waals surface area (Å²) in [4.78, 5) is 1.40. The molecule has 0 aromatic heterocycles. The van der Waals surface area contributed by atoms with Crippen molar-refractivity contribution in [2.75, 3.05) is 25.2 Å². The number of hydrogen-bond donors (Lipinski definition) is 1. The first-order valence-corrected chi connectivity index (χ1v) is 9.90. The van der Waals surface area contributed by atoms with Gasteiger partial charge < -0.3 is 10.1 Å². The highest BCUT2D eigenvalue weighted by Crippen LogP contribution is 2.43. The van der Waals surface area contributed by atoms with E-state index in [1.807, 2.05) is 7.05 Å². The molecular formula is C17H25NOS2. The number of benzene rings is 1. The first-order chi connectivity index (χ1) is 10.2. The molecule has 2 fully saturated rings. The normalized spacial score (nSPS) is 30.7. The molecule has 2 aliphatic heterocycles. The maximum absolute atomic E-state index is 6.13. The van der Waals surface area contributed by atoms with Crippen molar-refractivity contribution in [1.29, 1.82) is 0 Å². The molecule has 3 atom stereocenters. The highest BCUT2D eigenvalue weighted by molar-refractivity contribution is 8.00. The minimum atomic E-state index is 0.191. The monoisotopic (exact) mass is 323 g/mol. The quantitative estimate of drug-likeness (QED) is 0.899. The summed E-state index contributed by atoms with van der Waals surface area (Å²) >= 11 is 4.10. The van der Waals surface area contributed by atoms with Crippen LogP contribution in [0.2, 0.25) is 0 Å². The van der Waals surface area contributed by atoms with Crippen molar-refractivity contribution in [3.63, 3.8) is 0 Å². The first kappa shape index (κ1) is 15.7. The minimum Gasteiger partial charge on any atom is -0.374 e. The molecule has 0 amide bonds. The Morgan fingerprint density at radius 2 is 2.38 bits per heavy atom. The van der Waals surface area contributed by atoms with E-state index < -0.39 is 0 Å². The van der Waals surface area contributed by atoms with E-state index in [-0.39, 0.29) is 5.60 Å². The highest BCUT2D eigenvalue weighted by Gasteiger charge is 2.40. The number of rotatable bonds is 4. The maximum atomic E-state index is 6.13. The summed E-state index contributed by atoms with van der Waals surface area (Å²) in [6.45, 7) is 3.15. The summed E-state index contributed by atoms with van der Waals surface area (Å²) in [5, 5.41) is 4.03. The summed E-state index contributed by atoms with van der Waals surface area (Å²) in [5.74, 6) is 2.47. The van der Waals surface area contributed by atoms with Crippen LogP contribution in [0.1, 0.15) is 37.8 Å². The Balaban J connectivity index is 1.66. The molecule has 21 heavy (non-hydrogen) atoms. The van der Waals surface area contributed by atoms with Crippen LogP contribution in [0.5, 0.6) is 0 Å². The lowest BCUT2D eigenvalue weighted by atomic mass is 9.93. The fourth-order valence-electron chi connectivity index (χ4n) is 3.16. The SMILES string of the molecule is CNC(C)c1cccc(SC2CCOC3(CCSC3)C2)c1. The summed E-state index contributed by atoms with van der Waals surface area (Å²) < 4.78 is 6.13. The average Bonchev–Trinajstić information content (AvgIpc) is 2.94. The first-order valence-electron chi connectivity index (χ1n) is 7.86. The Labute approximate surface area is 136 Å². The Morgan fingerprint density at radius 1 is 1.48 bits per heavy atom. The lowest BCUT2D eigenvalue weighted by molar-refractivity contribution is -0.0562. The fraction of sp³-hybridized carbons (Fsp3) is 0.647. The van der Waals surface area contributed by atoms with Gasteiger partial charge in [0.25, 0.3) is 0 Å². The number of thioether (sulfide) groups is 2. The lowest BCUT2D eigenvalue weighted by Gasteiger charge is -2.37. The summed E-state index contributed by atoms with van der Waals surface area (Å²) in [7, 11) is 2.02. The Hall–Kier alpha value is -0.160. The van der Waals surface area contributed by atoms with E-state index in [2.05, 4.69) is 60.0 Å². The summed E-state index contributed by atoms with van der Waals surface area (Å²) in [6.07, 6.45) is 3.64. The van der Waals surface area contributed by atoms with Crippen LogP contribution in [-0.2, 0) is 4.74 Å². The van der Waals surface area contributed by atoms with Gasteiger partial charge in [-0.1, -0.05) is 12.1 Å². The number of hydrogen-bond acceptors (Lipinski definition) is 4. The van der Waals surface area contributed by atoms with Crippen LogP contribution in [0.4, 0.5) is 0 Å². The van der Waals surface area contributed by atoms with Gasteiger partial charge in [-0.15, -0.1) is 11.8 Å². The predicted molar refractivity (Wildman–Crippen MR) is 93.4 cm³/mol. The van der Waals surface area contributed by atoms with Gasteiger partial charge in [0.2, 0.25) is 0 Å². The van der Waals surface area contributed by atoms with Gasteiger partial charge in [0.1, 0.15) is 0 Å². The molecule has 0 saturated carbocycles. The van der Waals surface area contributed by atoms with Crippen LogP contribution in [0, 0.1) is 0 Å². The minimum absolute atomic E-state index is 0.191. The molecule has 4 heteroatoms. The molecule has 1 N–H and O–H groups in total. The van der Waals surface area contributed by atoms with Crippen molar-refractivity contribution < 1.29 is 4.74 Å². The van der Waals surface area contributed by atoms with Crippen LogP contribution < -0.4 is 5.32 Å². The Bertz CT molecular complexity index is 474. The van der Waals surface area contributed by atoms with E-state index in [1.54, 1.807) is 0 Å². The number of nitrogens with one attached hydrogen (secondary N) is 1. The molecule has 116 valence electrons. The van der Waals surface area contributed by atoms with E-state index in [9.17, 15) is 0 Å². The standard InChI is InChI=1S/C17H25NOS2/c1-13(18-2)14-4-3-5-15(10-14)21-16-6-8-19-17(11-16)7-9-20-12-17/h3-5,10,13,16,18H,6-9,11-12H2,1-2H3. The fourth-order valence-corrected chi connectivity index (χ4v) is 5.89. The van der Waals surface area contributed by atoms with Crippen LogP contribution in [-0.4, -0.2) is 36.0 Å². The molecule has 2 aliphatic rings. The zero-order valence-corrected chi connectivity index (χ0v) is 14.6. The van der Waals surface area contributed by atoms with Gasteiger partial charge in [-0.05, 0) is 56.7 Å². The van der Waals surface area contributed by atoms with Crippen molar-refractivity contribution in [3.8, 4) is 0 Å². The van der Waals surface area contributed by atoms with E-state index in [1.165, 1.54) is 41.2 Å². The van der Waals surface area contributed by atoms with Gasteiger partial charge in [0.15, 0.2) is 0 Å². The van der Waals surface area contributed by atoms with E-state index >= 15 is 0 Å². The second-order valence-corrected chi connectivity index (χ2v) is 8.63. The lowest BCUT2D eigenvalue weighted by Crippen LogP contribution is -2.40. The molecule has 1 aromatic carbocycles. The zero-order chi connectivity index (χ0) is 14.7. The van der Waals surface area contributed by atoms with Crippen molar-refractivity contribution in [3.05, 3.63) is 29.8 Å². The second kappa shape index (κ2) is 6.95. The summed E-state index contributed by atoms with van der Waals surface area (Å²) in [6, 6.07) is 9.41. The average molecular weight is 324 g/mol. The molecule has 0 radical (unpaired) electrons. The van der Waals surface area contributed by atoms with Gasteiger partial charge in [-0.25, -0.2) is 0 Å². The topological polar surface area (TPSA) is 21.3 Å². The summed E-state index contributed by atoms with van der Waals surface area (Å²) in [5.41, 5.74) is 1.57. The third-order valence-corrected chi connectivity index (χ3v) is 7.09. The molecule has 2 heterocycles. The third kappa shape index (κ3) is 3.79. The van der Waals surface area contributed by atoms with Crippen molar-refractivity contribution in [2.24, 2.45) is 0 Å². The van der Waals surface area contributed by atoms with Crippen molar-refractivity contribution in [1.82, 2.24) is 5.32 Å². The molecule has 1 aromatic rings. The van der Waals surface area contributed by atoms with Crippen LogP contribution in [0.3, 0.4) is 0 Å².